The van der Waals surface area contributed by atoms with Gasteiger partial charge in [0.1, 0.15) is 0 Å². The number of hydrazone groups is 1. The van der Waals surface area contributed by atoms with Crippen LogP contribution in [0, 0.1) is 23.0 Å². The lowest BCUT2D eigenvalue weighted by Gasteiger charge is -2.19. The first-order valence-electron chi connectivity index (χ1n) is 7.11. The summed E-state index contributed by atoms with van der Waals surface area (Å²) in [6.07, 6.45) is 4.33. The van der Waals surface area contributed by atoms with Gasteiger partial charge < -0.3 is 0 Å². The van der Waals surface area contributed by atoms with Gasteiger partial charge >= 0.3 is 0 Å². The fourth-order valence-electron chi connectivity index (χ4n) is 2.52. The Morgan fingerprint density at radius 1 is 1.43 bits per heavy atom. The van der Waals surface area contributed by atoms with Crippen molar-refractivity contribution in [2.45, 2.75) is 39.5 Å². The van der Waals surface area contributed by atoms with Gasteiger partial charge in [0.25, 0.3) is 11.6 Å². The molecule has 1 unspecified atom stereocenters. The fourth-order valence-corrected chi connectivity index (χ4v) is 2.52. The molecule has 6 heteroatoms. The van der Waals surface area contributed by atoms with Crippen LogP contribution in [0.1, 0.15) is 48.5 Å². The van der Waals surface area contributed by atoms with Crippen molar-refractivity contribution in [2.24, 2.45) is 11.0 Å². The largest absolute Gasteiger partial charge is 0.272 e. The topological polar surface area (TPSA) is 84.6 Å². The Morgan fingerprint density at radius 2 is 2.19 bits per heavy atom. The minimum absolute atomic E-state index is 0.0127. The second-order valence-electron chi connectivity index (χ2n) is 5.45. The van der Waals surface area contributed by atoms with E-state index >= 15 is 0 Å². The first-order chi connectivity index (χ1) is 9.99. The highest BCUT2D eigenvalue weighted by Crippen LogP contribution is 2.21. The van der Waals surface area contributed by atoms with E-state index in [1.165, 1.54) is 24.6 Å². The first-order valence-corrected chi connectivity index (χ1v) is 7.11. The zero-order valence-corrected chi connectivity index (χ0v) is 12.3. The molecule has 6 nitrogen and oxygen atoms in total. The van der Waals surface area contributed by atoms with E-state index in [4.69, 9.17) is 0 Å². The number of benzene rings is 1. The molecule has 0 saturated heterocycles. The third-order valence-electron chi connectivity index (χ3n) is 3.85. The SMILES string of the molecule is Cc1cc(C(=O)N/N=C2\CCCCC2C)ccc1[N+](=O)[O-]. The third-order valence-corrected chi connectivity index (χ3v) is 3.85. The molecule has 1 fully saturated rings. The Labute approximate surface area is 123 Å². The van der Waals surface area contributed by atoms with Crippen LogP contribution in [0.3, 0.4) is 0 Å². The lowest BCUT2D eigenvalue weighted by atomic mass is 9.89. The minimum atomic E-state index is -0.457. The third kappa shape index (κ3) is 3.65. The van der Waals surface area contributed by atoms with E-state index in [1.54, 1.807) is 6.92 Å². The van der Waals surface area contributed by atoms with Crippen LogP contribution in [0.5, 0.6) is 0 Å². The van der Waals surface area contributed by atoms with Crippen LogP contribution >= 0.6 is 0 Å². The average Bonchev–Trinajstić information content (AvgIpc) is 2.45. The number of carbonyl (C=O) groups is 1. The molecule has 21 heavy (non-hydrogen) atoms. The van der Waals surface area contributed by atoms with E-state index in [-0.39, 0.29) is 11.6 Å². The van der Waals surface area contributed by atoms with Gasteiger partial charge in [-0.2, -0.15) is 5.10 Å². The van der Waals surface area contributed by atoms with Gasteiger partial charge in [0, 0.05) is 22.9 Å². The number of hydrogen-bond acceptors (Lipinski definition) is 4. The molecule has 0 heterocycles. The van der Waals surface area contributed by atoms with Crippen LogP contribution in [-0.4, -0.2) is 16.5 Å². The van der Waals surface area contributed by atoms with Crippen LogP contribution in [-0.2, 0) is 0 Å². The number of aryl methyl sites for hydroxylation is 1. The van der Waals surface area contributed by atoms with Crippen LogP contribution in [0.15, 0.2) is 23.3 Å². The van der Waals surface area contributed by atoms with Crippen LogP contribution < -0.4 is 5.43 Å². The summed E-state index contributed by atoms with van der Waals surface area (Å²) in [5, 5.41) is 15.0. The van der Waals surface area contributed by atoms with E-state index < -0.39 is 4.92 Å². The van der Waals surface area contributed by atoms with Crippen molar-refractivity contribution in [1.82, 2.24) is 5.43 Å². The van der Waals surface area contributed by atoms with Crippen molar-refractivity contribution in [2.75, 3.05) is 0 Å². The molecule has 1 aliphatic rings. The molecule has 1 N–H and O–H groups in total. The van der Waals surface area contributed by atoms with Crippen LogP contribution in [0.2, 0.25) is 0 Å². The van der Waals surface area contributed by atoms with Gasteiger partial charge in [-0.3, -0.25) is 14.9 Å². The molecule has 1 amide bonds. The Balaban J connectivity index is 2.08. The number of hydrogen-bond donors (Lipinski definition) is 1. The summed E-state index contributed by atoms with van der Waals surface area (Å²) >= 11 is 0. The lowest BCUT2D eigenvalue weighted by molar-refractivity contribution is -0.385. The summed E-state index contributed by atoms with van der Waals surface area (Å²) in [5.41, 5.74) is 4.43. The van der Waals surface area contributed by atoms with Crippen LogP contribution in [0.25, 0.3) is 0 Å². The number of carbonyl (C=O) groups excluding carboxylic acids is 1. The van der Waals surface area contributed by atoms with Crippen molar-refractivity contribution in [3.8, 4) is 0 Å². The number of rotatable bonds is 3. The molecule has 0 bridgehead atoms. The summed E-state index contributed by atoms with van der Waals surface area (Å²) in [6.45, 7) is 3.73. The monoisotopic (exact) mass is 289 g/mol. The Morgan fingerprint density at radius 3 is 2.81 bits per heavy atom. The predicted molar refractivity (Wildman–Crippen MR) is 80.4 cm³/mol. The Bertz CT molecular complexity index is 596. The summed E-state index contributed by atoms with van der Waals surface area (Å²) in [4.78, 5) is 22.3. The van der Waals surface area contributed by atoms with Gasteiger partial charge in [-0.15, -0.1) is 0 Å². The molecule has 1 aliphatic carbocycles. The normalized spacial score (nSPS) is 20.3. The van der Waals surface area contributed by atoms with Crippen molar-refractivity contribution < 1.29 is 9.72 Å². The summed E-state index contributed by atoms with van der Waals surface area (Å²) in [7, 11) is 0. The molecule has 1 aromatic rings. The molecule has 112 valence electrons. The number of nitrogens with one attached hydrogen (secondary N) is 1. The highest BCUT2D eigenvalue weighted by molar-refractivity contribution is 5.96. The zero-order chi connectivity index (χ0) is 15.4. The smallest absolute Gasteiger partial charge is 0.267 e. The molecule has 0 radical (unpaired) electrons. The number of nitrogens with zero attached hydrogens (tertiary/aromatic N) is 2. The van der Waals surface area contributed by atoms with E-state index in [0.717, 1.165) is 25.0 Å². The maximum atomic E-state index is 12.0. The van der Waals surface area contributed by atoms with Gasteiger partial charge in [0.05, 0.1) is 4.92 Å². The lowest BCUT2D eigenvalue weighted by Crippen LogP contribution is -2.24. The molecular formula is C15H19N3O3. The maximum absolute atomic E-state index is 12.0. The summed E-state index contributed by atoms with van der Waals surface area (Å²) in [6, 6.07) is 4.31. The zero-order valence-electron chi connectivity index (χ0n) is 12.3. The molecule has 1 atom stereocenters. The van der Waals surface area contributed by atoms with Crippen molar-refractivity contribution >= 4 is 17.3 Å². The highest BCUT2D eigenvalue weighted by atomic mass is 16.6. The Kier molecular flexibility index (Phi) is 4.67. The molecule has 0 aromatic heterocycles. The highest BCUT2D eigenvalue weighted by Gasteiger charge is 2.17. The van der Waals surface area contributed by atoms with E-state index in [0.29, 0.717) is 17.0 Å². The number of nitro groups is 1. The summed E-state index contributed by atoms with van der Waals surface area (Å²) in [5.74, 6) is 0.0657. The second-order valence-corrected chi connectivity index (χ2v) is 5.45. The van der Waals surface area contributed by atoms with Gasteiger partial charge in [0.15, 0.2) is 0 Å². The molecule has 2 rings (SSSR count). The second kappa shape index (κ2) is 6.47. The van der Waals surface area contributed by atoms with Crippen LogP contribution in [0.4, 0.5) is 5.69 Å². The standard InChI is InChI=1S/C15H19N3O3/c1-10-5-3-4-6-13(10)16-17-15(19)12-7-8-14(18(20)21)11(2)9-12/h7-10H,3-6H2,1-2H3,(H,17,19)/b16-13+. The average molecular weight is 289 g/mol. The van der Waals surface area contributed by atoms with Gasteiger partial charge in [-0.25, -0.2) is 5.43 Å². The van der Waals surface area contributed by atoms with E-state index in [1.807, 2.05) is 0 Å². The molecule has 1 saturated carbocycles. The fraction of sp³-hybridized carbons (Fsp3) is 0.467. The first kappa shape index (κ1) is 15.2. The molecule has 0 aliphatic heterocycles. The van der Waals surface area contributed by atoms with Crippen molar-refractivity contribution in [3.05, 3.63) is 39.4 Å². The van der Waals surface area contributed by atoms with E-state index in [2.05, 4.69) is 17.5 Å². The molecular weight excluding hydrogens is 270 g/mol. The number of nitro benzene ring substituents is 1. The predicted octanol–water partition coefficient (Wildman–Crippen LogP) is 3.20. The molecule has 0 spiro atoms. The van der Waals surface area contributed by atoms with E-state index in [9.17, 15) is 14.9 Å². The maximum Gasteiger partial charge on any atom is 0.272 e. The van der Waals surface area contributed by atoms with Crippen molar-refractivity contribution in [3.63, 3.8) is 0 Å². The van der Waals surface area contributed by atoms with Crippen molar-refractivity contribution in [1.29, 1.82) is 0 Å². The Hall–Kier alpha value is -2.24. The molecule has 1 aromatic carbocycles. The van der Waals surface area contributed by atoms with Gasteiger partial charge in [0.2, 0.25) is 0 Å². The summed E-state index contributed by atoms with van der Waals surface area (Å²) < 4.78 is 0. The van der Waals surface area contributed by atoms with Gasteiger partial charge in [-0.05, 0) is 44.2 Å². The quantitative estimate of drug-likeness (QED) is 0.685. The van der Waals surface area contributed by atoms with Gasteiger partial charge in [-0.1, -0.05) is 13.3 Å². The minimum Gasteiger partial charge on any atom is -0.267 e. The number of amides is 1.